The van der Waals surface area contributed by atoms with Gasteiger partial charge in [-0.3, -0.25) is 19.2 Å². The average Bonchev–Trinajstić information content (AvgIpc) is 3.01. The predicted octanol–water partition coefficient (Wildman–Crippen LogP) is 4.18. The second kappa shape index (κ2) is 16.1. The van der Waals surface area contributed by atoms with Gasteiger partial charge in [-0.25, -0.2) is 0 Å². The van der Waals surface area contributed by atoms with Gasteiger partial charge in [-0.15, -0.1) is 0 Å². The van der Waals surface area contributed by atoms with Crippen LogP contribution in [0.5, 0.6) is 5.75 Å². The highest BCUT2D eigenvalue weighted by molar-refractivity contribution is 6.01. The highest BCUT2D eigenvalue weighted by Gasteiger charge is 2.33. The van der Waals surface area contributed by atoms with Crippen molar-refractivity contribution in [3.8, 4) is 5.75 Å². The molecule has 4 rings (SSSR count). The van der Waals surface area contributed by atoms with Gasteiger partial charge in [-0.1, -0.05) is 69.2 Å². The van der Waals surface area contributed by atoms with Crippen molar-refractivity contribution in [2.75, 3.05) is 26.2 Å². The Hall–Kier alpha value is -3.88. The zero-order chi connectivity index (χ0) is 30.6. The van der Waals surface area contributed by atoms with E-state index in [9.17, 15) is 19.2 Å². The number of rotatable bonds is 4. The molecule has 0 radical (unpaired) electrons. The van der Waals surface area contributed by atoms with E-state index >= 15 is 0 Å². The molecule has 2 aromatic rings. The lowest BCUT2D eigenvalue weighted by Gasteiger charge is -2.34. The fraction of sp³-hybridized carbons (Fsp3) is 0.529. The molecule has 0 aromatic heterocycles. The molecular formula is C34H46N4O5. The van der Waals surface area contributed by atoms with Crippen LogP contribution in [0.25, 0.3) is 0 Å². The Morgan fingerprint density at radius 3 is 2.35 bits per heavy atom. The number of carbonyl (C=O) groups is 4. The average molecular weight is 591 g/mol. The SMILES string of the molecule is CC(C)C[C@@H]1NC(=O)C[C@@H](C(=O)N2CCC(c3ccccc3)CC2)NC(=O)c2ccccc2OCCCCCCNC1=O. The van der Waals surface area contributed by atoms with Gasteiger partial charge in [0, 0.05) is 19.6 Å². The number of benzene rings is 2. The van der Waals surface area contributed by atoms with Crippen molar-refractivity contribution in [1.29, 1.82) is 0 Å². The number of fused-ring (bicyclic) bond motifs is 1. The van der Waals surface area contributed by atoms with Crippen molar-refractivity contribution in [1.82, 2.24) is 20.9 Å². The number of hydrogen-bond donors (Lipinski definition) is 3. The molecule has 0 unspecified atom stereocenters. The monoisotopic (exact) mass is 590 g/mol. The maximum absolute atomic E-state index is 13.9. The minimum absolute atomic E-state index is 0.174. The van der Waals surface area contributed by atoms with Crippen LogP contribution in [0.1, 0.15) is 87.1 Å². The van der Waals surface area contributed by atoms with Gasteiger partial charge in [-0.05, 0) is 61.6 Å². The topological polar surface area (TPSA) is 117 Å². The summed E-state index contributed by atoms with van der Waals surface area (Å²) in [4.78, 5) is 55.5. The molecule has 2 aromatic carbocycles. The van der Waals surface area contributed by atoms with Gasteiger partial charge >= 0.3 is 0 Å². The Kier molecular flexibility index (Phi) is 12.0. The van der Waals surface area contributed by atoms with Crippen molar-refractivity contribution < 1.29 is 23.9 Å². The van der Waals surface area contributed by atoms with Gasteiger partial charge in [-0.2, -0.15) is 0 Å². The Morgan fingerprint density at radius 2 is 1.60 bits per heavy atom. The van der Waals surface area contributed by atoms with Crippen LogP contribution in [-0.2, 0) is 14.4 Å². The third-order valence-corrected chi connectivity index (χ3v) is 8.19. The highest BCUT2D eigenvalue weighted by atomic mass is 16.5. The van der Waals surface area contributed by atoms with Gasteiger partial charge in [0.25, 0.3) is 5.91 Å². The third kappa shape index (κ3) is 9.56. The van der Waals surface area contributed by atoms with Crippen molar-refractivity contribution in [2.24, 2.45) is 5.92 Å². The summed E-state index contributed by atoms with van der Waals surface area (Å²) in [7, 11) is 0. The molecule has 9 nitrogen and oxygen atoms in total. The number of amides is 4. The minimum atomic E-state index is -1.09. The summed E-state index contributed by atoms with van der Waals surface area (Å²) in [6, 6.07) is 15.4. The van der Waals surface area contributed by atoms with E-state index in [1.54, 1.807) is 23.1 Å². The van der Waals surface area contributed by atoms with Crippen molar-refractivity contribution in [3.05, 3.63) is 65.7 Å². The van der Waals surface area contributed by atoms with Crippen LogP contribution >= 0.6 is 0 Å². The van der Waals surface area contributed by atoms with Crippen LogP contribution in [0.3, 0.4) is 0 Å². The normalized spacial score (nSPS) is 21.8. The van der Waals surface area contributed by atoms with E-state index in [0.717, 1.165) is 38.5 Å². The van der Waals surface area contributed by atoms with E-state index in [1.165, 1.54) is 5.56 Å². The zero-order valence-corrected chi connectivity index (χ0v) is 25.5. The smallest absolute Gasteiger partial charge is 0.255 e. The molecule has 232 valence electrons. The van der Waals surface area contributed by atoms with Crippen LogP contribution in [0.2, 0.25) is 0 Å². The zero-order valence-electron chi connectivity index (χ0n) is 25.5. The fourth-order valence-corrected chi connectivity index (χ4v) is 5.83. The second-order valence-corrected chi connectivity index (χ2v) is 12.0. The van der Waals surface area contributed by atoms with Gasteiger partial charge in [0.1, 0.15) is 17.8 Å². The first-order chi connectivity index (χ1) is 20.8. The highest BCUT2D eigenvalue weighted by Crippen LogP contribution is 2.28. The first kappa shape index (κ1) is 32.0. The molecule has 2 aliphatic rings. The number of carbonyl (C=O) groups excluding carboxylic acids is 4. The summed E-state index contributed by atoms with van der Waals surface area (Å²) in [5.41, 5.74) is 1.58. The molecule has 1 fully saturated rings. The summed E-state index contributed by atoms with van der Waals surface area (Å²) < 4.78 is 5.95. The molecule has 0 spiro atoms. The third-order valence-electron chi connectivity index (χ3n) is 8.19. The van der Waals surface area contributed by atoms with E-state index in [1.807, 2.05) is 38.1 Å². The summed E-state index contributed by atoms with van der Waals surface area (Å²) in [6.07, 6.45) is 5.30. The van der Waals surface area contributed by atoms with E-state index in [-0.39, 0.29) is 24.2 Å². The number of hydrogen-bond acceptors (Lipinski definition) is 5. The van der Waals surface area contributed by atoms with Gasteiger partial charge in [0.05, 0.1) is 18.6 Å². The minimum Gasteiger partial charge on any atom is -0.493 e. The van der Waals surface area contributed by atoms with Gasteiger partial charge in [0.15, 0.2) is 0 Å². The molecule has 0 saturated carbocycles. The molecule has 1 saturated heterocycles. The fourth-order valence-electron chi connectivity index (χ4n) is 5.83. The molecule has 3 N–H and O–H groups in total. The maximum Gasteiger partial charge on any atom is 0.255 e. The quantitative estimate of drug-likeness (QED) is 0.494. The largest absolute Gasteiger partial charge is 0.493 e. The van der Waals surface area contributed by atoms with E-state index in [0.29, 0.717) is 49.9 Å². The molecule has 0 aliphatic carbocycles. The van der Waals surface area contributed by atoms with Crippen LogP contribution in [-0.4, -0.2) is 66.9 Å². The molecule has 43 heavy (non-hydrogen) atoms. The molecule has 2 heterocycles. The first-order valence-corrected chi connectivity index (χ1v) is 15.7. The Morgan fingerprint density at radius 1 is 0.907 bits per heavy atom. The summed E-state index contributed by atoms with van der Waals surface area (Å²) in [6.45, 7) is 6.04. The number of ether oxygens (including phenoxy) is 1. The number of nitrogens with one attached hydrogen (secondary N) is 3. The van der Waals surface area contributed by atoms with Crippen molar-refractivity contribution in [3.63, 3.8) is 0 Å². The number of piperidine rings is 1. The number of nitrogens with zero attached hydrogens (tertiary/aromatic N) is 1. The molecule has 0 bridgehead atoms. The van der Waals surface area contributed by atoms with Crippen LogP contribution in [0.4, 0.5) is 0 Å². The Bertz CT molecular complexity index is 1230. The van der Waals surface area contributed by atoms with Gasteiger partial charge < -0.3 is 25.6 Å². The van der Waals surface area contributed by atoms with Crippen molar-refractivity contribution >= 4 is 23.6 Å². The molecule has 4 amide bonds. The Labute approximate surface area is 255 Å². The lowest BCUT2D eigenvalue weighted by Crippen LogP contribution is -2.54. The standard InChI is InChI=1S/C34H46N4O5/c1-24(2)22-28-33(41)35-18-10-3-4-11-21-43-30-15-9-8-14-27(30)32(40)37-29(23-31(39)36-28)34(42)38-19-16-26(17-20-38)25-12-6-5-7-13-25/h5-9,12-15,24,26,28-29H,3-4,10-11,16-23H2,1-2H3,(H,35,41)(H,36,39)(H,37,40)/t28-,29-/m0/s1. The van der Waals surface area contributed by atoms with E-state index < -0.39 is 23.9 Å². The molecule has 9 heteroatoms. The predicted molar refractivity (Wildman–Crippen MR) is 166 cm³/mol. The van der Waals surface area contributed by atoms with Crippen molar-refractivity contribution in [2.45, 2.75) is 83.2 Å². The summed E-state index contributed by atoms with van der Waals surface area (Å²) in [5, 5.41) is 8.65. The van der Waals surface area contributed by atoms with Gasteiger partial charge in [0.2, 0.25) is 17.7 Å². The van der Waals surface area contributed by atoms with E-state index in [4.69, 9.17) is 4.74 Å². The molecule has 2 atom stereocenters. The molecular weight excluding hydrogens is 544 g/mol. The maximum atomic E-state index is 13.9. The lowest BCUT2D eigenvalue weighted by atomic mass is 9.89. The summed E-state index contributed by atoms with van der Waals surface area (Å²) in [5.74, 6) is -0.475. The van der Waals surface area contributed by atoms with Crippen LogP contribution in [0.15, 0.2) is 54.6 Å². The van der Waals surface area contributed by atoms with E-state index in [2.05, 4.69) is 28.1 Å². The van der Waals surface area contributed by atoms with Crippen LogP contribution < -0.4 is 20.7 Å². The van der Waals surface area contributed by atoms with Crippen LogP contribution in [0, 0.1) is 5.92 Å². The lowest BCUT2D eigenvalue weighted by molar-refractivity contribution is -0.137. The second-order valence-electron chi connectivity index (χ2n) is 12.0. The summed E-state index contributed by atoms with van der Waals surface area (Å²) >= 11 is 0. The molecule has 2 aliphatic heterocycles. The number of para-hydroxylation sites is 1. The number of likely N-dealkylation sites (tertiary alicyclic amines) is 1. The Balaban J connectivity index is 1.54. The first-order valence-electron chi connectivity index (χ1n) is 15.7.